The van der Waals surface area contributed by atoms with Crippen LogP contribution in [0.1, 0.15) is 19.8 Å². The van der Waals surface area contributed by atoms with Crippen LogP contribution in [0.4, 0.5) is 0 Å². The number of β-amino-alcohol motifs (C(OH)–C–C–N with tert-alkyl or cyclic N) is 1. The maximum atomic E-state index is 9.27. The van der Waals surface area contributed by atoms with Crippen molar-refractivity contribution in [1.82, 2.24) is 9.80 Å². The lowest BCUT2D eigenvalue weighted by Gasteiger charge is -2.33. The molecule has 0 aromatic heterocycles. The second-order valence-corrected chi connectivity index (χ2v) is 4.86. The van der Waals surface area contributed by atoms with E-state index in [2.05, 4.69) is 23.9 Å². The van der Waals surface area contributed by atoms with Crippen molar-refractivity contribution in [2.75, 3.05) is 40.3 Å². The Morgan fingerprint density at radius 1 is 1.36 bits per heavy atom. The van der Waals surface area contributed by atoms with Gasteiger partial charge in [-0.1, -0.05) is 0 Å². The summed E-state index contributed by atoms with van der Waals surface area (Å²) in [7, 11) is 4.28. The van der Waals surface area contributed by atoms with Crippen LogP contribution in [-0.2, 0) is 0 Å². The van der Waals surface area contributed by atoms with E-state index in [0.717, 1.165) is 25.6 Å². The molecule has 0 unspecified atom stereocenters. The van der Waals surface area contributed by atoms with Gasteiger partial charge in [-0.05, 0) is 52.9 Å². The van der Waals surface area contributed by atoms with E-state index < -0.39 is 0 Å². The first kappa shape index (κ1) is 12.0. The highest BCUT2D eigenvalue weighted by molar-refractivity contribution is 4.74. The summed E-state index contributed by atoms with van der Waals surface area (Å²) >= 11 is 0. The number of aliphatic hydroxyl groups is 1. The largest absolute Gasteiger partial charge is 0.392 e. The number of piperidine rings is 1. The van der Waals surface area contributed by atoms with Crippen molar-refractivity contribution in [2.45, 2.75) is 25.9 Å². The molecule has 1 fully saturated rings. The van der Waals surface area contributed by atoms with Crippen molar-refractivity contribution < 1.29 is 5.11 Å². The molecule has 1 heterocycles. The fourth-order valence-corrected chi connectivity index (χ4v) is 2.24. The number of hydrogen-bond donors (Lipinski definition) is 1. The van der Waals surface area contributed by atoms with E-state index in [9.17, 15) is 5.11 Å². The summed E-state index contributed by atoms with van der Waals surface area (Å²) in [5.41, 5.74) is 0. The quantitative estimate of drug-likeness (QED) is 0.721. The second kappa shape index (κ2) is 5.69. The summed E-state index contributed by atoms with van der Waals surface area (Å²) in [6.45, 7) is 6.23. The van der Waals surface area contributed by atoms with Gasteiger partial charge in [-0.3, -0.25) is 0 Å². The fraction of sp³-hybridized carbons (Fsp3) is 1.00. The number of nitrogens with zero attached hydrogens (tertiary/aromatic N) is 2. The van der Waals surface area contributed by atoms with Crippen molar-refractivity contribution >= 4 is 0 Å². The SMILES string of the molecule is C[C@@H](O)CN1CCC(CN(C)C)CC1. The summed E-state index contributed by atoms with van der Waals surface area (Å²) in [6, 6.07) is 0. The Morgan fingerprint density at radius 3 is 2.36 bits per heavy atom. The summed E-state index contributed by atoms with van der Waals surface area (Å²) in [5.74, 6) is 0.857. The van der Waals surface area contributed by atoms with Gasteiger partial charge in [0.1, 0.15) is 0 Å². The molecule has 1 rings (SSSR count). The fourth-order valence-electron chi connectivity index (χ4n) is 2.24. The first-order valence-electron chi connectivity index (χ1n) is 5.63. The van der Waals surface area contributed by atoms with Crippen molar-refractivity contribution in [3.05, 3.63) is 0 Å². The molecule has 1 aliphatic heterocycles. The molecule has 1 atom stereocenters. The molecule has 14 heavy (non-hydrogen) atoms. The molecule has 0 aromatic rings. The number of aliphatic hydroxyl groups excluding tert-OH is 1. The van der Waals surface area contributed by atoms with Gasteiger partial charge in [0, 0.05) is 13.1 Å². The maximum absolute atomic E-state index is 9.27. The minimum atomic E-state index is -0.180. The van der Waals surface area contributed by atoms with Crippen LogP contribution >= 0.6 is 0 Å². The second-order valence-electron chi connectivity index (χ2n) is 4.86. The molecule has 0 aromatic carbocycles. The van der Waals surface area contributed by atoms with E-state index in [1.54, 1.807) is 0 Å². The Balaban J connectivity index is 2.17. The molecule has 1 N–H and O–H groups in total. The lowest BCUT2D eigenvalue weighted by atomic mass is 9.96. The molecule has 0 bridgehead atoms. The summed E-state index contributed by atoms with van der Waals surface area (Å²) < 4.78 is 0. The minimum Gasteiger partial charge on any atom is -0.392 e. The molecule has 3 heteroatoms. The van der Waals surface area contributed by atoms with E-state index >= 15 is 0 Å². The molecule has 0 spiro atoms. The van der Waals surface area contributed by atoms with E-state index in [1.807, 2.05) is 6.92 Å². The monoisotopic (exact) mass is 200 g/mol. The van der Waals surface area contributed by atoms with Crippen LogP contribution in [0.15, 0.2) is 0 Å². The van der Waals surface area contributed by atoms with Gasteiger partial charge in [0.25, 0.3) is 0 Å². The van der Waals surface area contributed by atoms with E-state index in [0.29, 0.717) is 0 Å². The first-order valence-corrected chi connectivity index (χ1v) is 5.63. The molecular formula is C11H24N2O. The van der Waals surface area contributed by atoms with Gasteiger partial charge in [0.15, 0.2) is 0 Å². The zero-order valence-electron chi connectivity index (χ0n) is 9.74. The molecule has 0 aliphatic carbocycles. The smallest absolute Gasteiger partial charge is 0.0639 e. The van der Waals surface area contributed by atoms with Crippen LogP contribution in [-0.4, -0.2) is 61.3 Å². The van der Waals surface area contributed by atoms with Crippen molar-refractivity contribution in [2.24, 2.45) is 5.92 Å². The molecule has 0 amide bonds. The Bertz CT molecular complexity index is 133. The van der Waals surface area contributed by atoms with Crippen LogP contribution in [0.3, 0.4) is 0 Å². The Hall–Kier alpha value is -0.120. The molecule has 0 saturated carbocycles. The van der Waals surface area contributed by atoms with Crippen LogP contribution in [0.25, 0.3) is 0 Å². The Morgan fingerprint density at radius 2 is 1.93 bits per heavy atom. The van der Waals surface area contributed by atoms with Gasteiger partial charge in [-0.25, -0.2) is 0 Å². The van der Waals surface area contributed by atoms with Crippen LogP contribution in [0.2, 0.25) is 0 Å². The van der Waals surface area contributed by atoms with Crippen molar-refractivity contribution in [3.63, 3.8) is 0 Å². The van der Waals surface area contributed by atoms with Gasteiger partial charge in [0.05, 0.1) is 6.10 Å². The van der Waals surface area contributed by atoms with Gasteiger partial charge in [-0.15, -0.1) is 0 Å². The lowest BCUT2D eigenvalue weighted by Crippen LogP contribution is -2.40. The number of hydrogen-bond acceptors (Lipinski definition) is 3. The zero-order valence-corrected chi connectivity index (χ0v) is 9.74. The van der Waals surface area contributed by atoms with E-state index in [4.69, 9.17) is 0 Å². The number of rotatable bonds is 4. The molecule has 0 radical (unpaired) electrons. The topological polar surface area (TPSA) is 26.7 Å². The molecule has 84 valence electrons. The summed E-state index contributed by atoms with van der Waals surface area (Å²) in [5, 5.41) is 9.27. The maximum Gasteiger partial charge on any atom is 0.0639 e. The van der Waals surface area contributed by atoms with Gasteiger partial charge in [-0.2, -0.15) is 0 Å². The zero-order chi connectivity index (χ0) is 10.6. The average Bonchev–Trinajstić information content (AvgIpc) is 2.06. The molecular weight excluding hydrogens is 176 g/mol. The van der Waals surface area contributed by atoms with Crippen molar-refractivity contribution in [3.8, 4) is 0 Å². The van der Waals surface area contributed by atoms with Gasteiger partial charge in [0.2, 0.25) is 0 Å². The third-order valence-corrected chi connectivity index (χ3v) is 2.85. The van der Waals surface area contributed by atoms with E-state index in [-0.39, 0.29) is 6.10 Å². The molecule has 1 saturated heterocycles. The highest BCUT2D eigenvalue weighted by atomic mass is 16.3. The summed E-state index contributed by atoms with van der Waals surface area (Å²) in [4.78, 5) is 4.64. The molecule has 1 aliphatic rings. The third-order valence-electron chi connectivity index (χ3n) is 2.85. The Labute approximate surface area is 87.7 Å². The van der Waals surface area contributed by atoms with Gasteiger partial charge >= 0.3 is 0 Å². The highest BCUT2D eigenvalue weighted by Gasteiger charge is 2.19. The lowest BCUT2D eigenvalue weighted by molar-refractivity contribution is 0.0946. The number of likely N-dealkylation sites (tertiary alicyclic amines) is 1. The first-order chi connectivity index (χ1) is 6.58. The average molecular weight is 200 g/mol. The standard InChI is InChI=1S/C11H24N2O/c1-10(14)8-13-6-4-11(5-7-13)9-12(2)3/h10-11,14H,4-9H2,1-3H3/t10-/m1/s1. The van der Waals surface area contributed by atoms with Gasteiger partial charge < -0.3 is 14.9 Å². The molecule has 3 nitrogen and oxygen atoms in total. The van der Waals surface area contributed by atoms with Crippen LogP contribution in [0, 0.1) is 5.92 Å². The highest BCUT2D eigenvalue weighted by Crippen LogP contribution is 2.17. The third kappa shape index (κ3) is 4.40. The predicted octanol–water partition coefficient (Wildman–Crippen LogP) is 0.641. The van der Waals surface area contributed by atoms with E-state index in [1.165, 1.54) is 19.4 Å². The van der Waals surface area contributed by atoms with Crippen LogP contribution in [0.5, 0.6) is 0 Å². The predicted molar refractivity (Wildman–Crippen MR) is 59.4 cm³/mol. The summed E-state index contributed by atoms with van der Waals surface area (Å²) in [6.07, 6.45) is 2.39. The van der Waals surface area contributed by atoms with Crippen LogP contribution < -0.4 is 0 Å². The Kier molecular flexibility index (Phi) is 4.85. The normalized spacial score (nSPS) is 22.9. The minimum absolute atomic E-state index is 0.180. The van der Waals surface area contributed by atoms with Crippen molar-refractivity contribution in [1.29, 1.82) is 0 Å².